The zero-order valence-electron chi connectivity index (χ0n) is 21.4. The maximum Gasteiger partial charge on any atom is 0.321 e. The highest BCUT2D eigenvalue weighted by molar-refractivity contribution is 5.92. The van der Waals surface area contributed by atoms with Crippen LogP contribution >= 0.6 is 0 Å². The topological polar surface area (TPSA) is 61.9 Å². The van der Waals surface area contributed by atoms with Crippen LogP contribution in [0.4, 0.5) is 10.5 Å². The van der Waals surface area contributed by atoms with Gasteiger partial charge >= 0.3 is 6.03 Å². The Morgan fingerprint density at radius 1 is 0.971 bits per heavy atom. The first kappa shape index (κ1) is 24.8. The Balaban J connectivity index is 1.31. The van der Waals surface area contributed by atoms with Crippen molar-refractivity contribution in [3.63, 3.8) is 0 Å². The standard InChI is InChI=1S/C29H37N3O3/c1-5-35-26-9-7-6-8-24(26)10-11-27(33)31-15-12-29(13-16-31)14-17-32(20-29)28(34)30-25-19-22(3)21(2)18-23(25)4/h6-11,18-19H,5,12-17,20H2,1-4H3,(H,30,34)/b11-10+. The summed E-state index contributed by atoms with van der Waals surface area (Å²) < 4.78 is 5.65. The van der Waals surface area contributed by atoms with Gasteiger partial charge in [0.1, 0.15) is 5.75 Å². The Morgan fingerprint density at radius 2 is 1.63 bits per heavy atom. The van der Waals surface area contributed by atoms with Gasteiger partial charge in [0.15, 0.2) is 0 Å². The third-order valence-electron chi connectivity index (χ3n) is 7.57. The number of rotatable bonds is 5. The molecule has 3 amide bonds. The van der Waals surface area contributed by atoms with Crippen molar-refractivity contribution in [2.45, 2.75) is 47.0 Å². The maximum atomic E-state index is 13.0. The third kappa shape index (κ3) is 5.69. The van der Waals surface area contributed by atoms with Gasteiger partial charge in [0.2, 0.25) is 5.91 Å². The second-order valence-corrected chi connectivity index (χ2v) is 9.98. The Labute approximate surface area is 208 Å². The molecule has 2 saturated heterocycles. The molecule has 1 spiro atoms. The molecule has 2 aromatic rings. The molecule has 0 radical (unpaired) electrons. The van der Waals surface area contributed by atoms with Crippen LogP contribution in [0.1, 0.15) is 48.4 Å². The number of benzene rings is 2. The molecule has 6 heteroatoms. The molecule has 0 aliphatic carbocycles. The summed E-state index contributed by atoms with van der Waals surface area (Å²) in [6.07, 6.45) is 6.33. The summed E-state index contributed by atoms with van der Waals surface area (Å²) in [7, 11) is 0. The van der Waals surface area contributed by atoms with E-state index >= 15 is 0 Å². The second kappa shape index (κ2) is 10.5. The van der Waals surface area contributed by atoms with E-state index in [1.165, 1.54) is 11.1 Å². The van der Waals surface area contributed by atoms with Crippen LogP contribution in [-0.4, -0.2) is 54.5 Å². The number of aryl methyl sites for hydroxylation is 3. The minimum Gasteiger partial charge on any atom is -0.493 e. The first-order chi connectivity index (χ1) is 16.8. The van der Waals surface area contributed by atoms with E-state index in [-0.39, 0.29) is 17.4 Å². The molecule has 6 nitrogen and oxygen atoms in total. The van der Waals surface area contributed by atoms with Crippen molar-refractivity contribution in [1.29, 1.82) is 0 Å². The predicted octanol–water partition coefficient (Wildman–Crippen LogP) is 5.57. The van der Waals surface area contributed by atoms with Crippen LogP contribution in [0, 0.1) is 26.2 Å². The quantitative estimate of drug-likeness (QED) is 0.575. The summed E-state index contributed by atoms with van der Waals surface area (Å²) in [5.74, 6) is 0.820. The van der Waals surface area contributed by atoms with Crippen LogP contribution in [0.3, 0.4) is 0 Å². The fraction of sp³-hybridized carbons (Fsp3) is 0.448. The molecule has 0 aromatic heterocycles. The van der Waals surface area contributed by atoms with Gasteiger partial charge in [0, 0.05) is 43.5 Å². The lowest BCUT2D eigenvalue weighted by Gasteiger charge is -2.38. The van der Waals surface area contributed by atoms with Gasteiger partial charge in [-0.25, -0.2) is 4.79 Å². The number of carbonyl (C=O) groups excluding carboxylic acids is 2. The first-order valence-corrected chi connectivity index (χ1v) is 12.6. The molecular weight excluding hydrogens is 438 g/mol. The largest absolute Gasteiger partial charge is 0.493 e. The summed E-state index contributed by atoms with van der Waals surface area (Å²) in [5, 5.41) is 3.12. The van der Waals surface area contributed by atoms with E-state index in [1.807, 2.05) is 54.0 Å². The van der Waals surface area contributed by atoms with Gasteiger partial charge in [-0.3, -0.25) is 4.79 Å². The molecule has 2 aliphatic heterocycles. The number of ether oxygens (including phenoxy) is 1. The van der Waals surface area contributed by atoms with E-state index in [9.17, 15) is 9.59 Å². The summed E-state index contributed by atoms with van der Waals surface area (Å²) in [6, 6.07) is 11.9. The van der Waals surface area contributed by atoms with Gasteiger partial charge in [-0.05, 0) is 87.3 Å². The van der Waals surface area contributed by atoms with Crippen molar-refractivity contribution in [1.82, 2.24) is 9.80 Å². The molecular formula is C29H37N3O3. The molecule has 4 rings (SSSR count). The van der Waals surface area contributed by atoms with Gasteiger partial charge in [0.25, 0.3) is 0 Å². The fourth-order valence-electron chi connectivity index (χ4n) is 5.18. The number of anilines is 1. The highest BCUT2D eigenvalue weighted by Gasteiger charge is 2.42. The van der Waals surface area contributed by atoms with Crippen molar-refractivity contribution in [2.75, 3.05) is 38.1 Å². The number of carbonyl (C=O) groups is 2. The van der Waals surface area contributed by atoms with Crippen LogP contribution in [0.25, 0.3) is 6.08 Å². The lowest BCUT2D eigenvalue weighted by atomic mass is 9.78. The van der Waals surface area contributed by atoms with Crippen LogP contribution in [0.15, 0.2) is 42.5 Å². The SMILES string of the molecule is CCOc1ccccc1/C=C/C(=O)N1CCC2(CC1)CCN(C(=O)Nc1cc(C)c(C)cc1C)C2. The lowest BCUT2D eigenvalue weighted by Crippen LogP contribution is -2.44. The van der Waals surface area contributed by atoms with Gasteiger partial charge < -0.3 is 19.9 Å². The van der Waals surface area contributed by atoms with E-state index in [1.54, 1.807) is 6.08 Å². The van der Waals surface area contributed by atoms with E-state index in [4.69, 9.17) is 4.74 Å². The summed E-state index contributed by atoms with van der Waals surface area (Å²) >= 11 is 0. The second-order valence-electron chi connectivity index (χ2n) is 9.98. The number of likely N-dealkylation sites (tertiary alicyclic amines) is 2. The van der Waals surface area contributed by atoms with E-state index in [0.717, 1.165) is 68.0 Å². The van der Waals surface area contributed by atoms with E-state index in [2.05, 4.69) is 31.3 Å². The molecule has 0 bridgehead atoms. The molecule has 0 unspecified atom stereocenters. The number of hydrogen-bond acceptors (Lipinski definition) is 3. The average molecular weight is 476 g/mol. The molecule has 2 fully saturated rings. The number of nitrogens with zero attached hydrogens (tertiary/aromatic N) is 2. The normalized spacial score (nSPS) is 17.3. The summed E-state index contributed by atoms with van der Waals surface area (Å²) in [4.78, 5) is 29.7. The fourth-order valence-corrected chi connectivity index (χ4v) is 5.18. The Kier molecular flexibility index (Phi) is 7.48. The number of urea groups is 1. The Hall–Kier alpha value is -3.28. The summed E-state index contributed by atoms with van der Waals surface area (Å²) in [5.41, 5.74) is 5.40. The van der Waals surface area contributed by atoms with Crippen molar-refractivity contribution >= 4 is 23.7 Å². The molecule has 35 heavy (non-hydrogen) atoms. The molecule has 2 aliphatic rings. The highest BCUT2D eigenvalue weighted by atomic mass is 16.5. The van der Waals surface area contributed by atoms with Crippen molar-refractivity contribution in [3.05, 3.63) is 64.7 Å². The van der Waals surface area contributed by atoms with Crippen LogP contribution in [0.5, 0.6) is 5.75 Å². The monoisotopic (exact) mass is 475 g/mol. The van der Waals surface area contributed by atoms with Crippen LogP contribution in [0.2, 0.25) is 0 Å². The molecule has 0 atom stereocenters. The Morgan fingerprint density at radius 3 is 2.34 bits per heavy atom. The van der Waals surface area contributed by atoms with Crippen LogP contribution in [-0.2, 0) is 4.79 Å². The third-order valence-corrected chi connectivity index (χ3v) is 7.57. The van der Waals surface area contributed by atoms with Crippen molar-refractivity contribution in [3.8, 4) is 5.75 Å². The van der Waals surface area contributed by atoms with Gasteiger partial charge in [-0.1, -0.05) is 24.3 Å². The number of nitrogens with one attached hydrogen (secondary N) is 1. The molecule has 0 saturated carbocycles. The zero-order chi connectivity index (χ0) is 25.0. The van der Waals surface area contributed by atoms with Crippen LogP contribution < -0.4 is 10.1 Å². The number of piperidine rings is 1. The molecule has 2 heterocycles. The first-order valence-electron chi connectivity index (χ1n) is 12.6. The van der Waals surface area contributed by atoms with Crippen molar-refractivity contribution in [2.24, 2.45) is 5.41 Å². The zero-order valence-corrected chi connectivity index (χ0v) is 21.4. The summed E-state index contributed by atoms with van der Waals surface area (Å²) in [6.45, 7) is 11.7. The highest BCUT2D eigenvalue weighted by Crippen LogP contribution is 2.40. The van der Waals surface area contributed by atoms with Gasteiger partial charge in [-0.15, -0.1) is 0 Å². The van der Waals surface area contributed by atoms with Gasteiger partial charge in [-0.2, -0.15) is 0 Å². The number of para-hydroxylation sites is 1. The minimum absolute atomic E-state index is 0.0253. The van der Waals surface area contributed by atoms with Crippen molar-refractivity contribution < 1.29 is 14.3 Å². The minimum atomic E-state index is -0.0253. The maximum absolute atomic E-state index is 13.0. The molecule has 1 N–H and O–H groups in total. The lowest BCUT2D eigenvalue weighted by molar-refractivity contribution is -0.128. The molecule has 2 aromatic carbocycles. The van der Waals surface area contributed by atoms with Gasteiger partial charge in [0.05, 0.1) is 6.61 Å². The average Bonchev–Trinajstić information content (AvgIpc) is 3.26. The molecule has 186 valence electrons. The van der Waals surface area contributed by atoms with E-state index < -0.39 is 0 Å². The number of amides is 3. The number of hydrogen-bond donors (Lipinski definition) is 1. The Bertz CT molecular complexity index is 1120. The predicted molar refractivity (Wildman–Crippen MR) is 141 cm³/mol. The van der Waals surface area contributed by atoms with E-state index in [0.29, 0.717) is 6.61 Å². The smallest absolute Gasteiger partial charge is 0.321 e.